The van der Waals surface area contributed by atoms with Crippen LogP contribution in [0, 0.1) is 18.3 Å². The fraction of sp³-hybridized carbons (Fsp3) is 0.321. The fourth-order valence-corrected chi connectivity index (χ4v) is 4.39. The first-order chi connectivity index (χ1) is 17.8. The number of halogens is 1. The number of piperidine rings is 1. The molecule has 4 rings (SSSR count). The first-order valence-electron chi connectivity index (χ1n) is 12.3. The van der Waals surface area contributed by atoms with Crippen LogP contribution in [0.3, 0.4) is 0 Å². The third kappa shape index (κ3) is 5.92. The quantitative estimate of drug-likeness (QED) is 0.477. The Morgan fingerprint density at radius 3 is 2.35 bits per heavy atom. The number of nitrogens with zero attached hydrogens (tertiary/aromatic N) is 5. The van der Waals surface area contributed by atoms with Gasteiger partial charge in [-0.2, -0.15) is 5.26 Å². The summed E-state index contributed by atoms with van der Waals surface area (Å²) < 4.78 is 15.2. The zero-order valence-electron chi connectivity index (χ0n) is 21.1. The molecule has 1 N–H and O–H groups in total. The lowest BCUT2D eigenvalue weighted by atomic mass is 9.89. The van der Waals surface area contributed by atoms with Gasteiger partial charge in [0, 0.05) is 31.5 Å². The molecule has 0 radical (unpaired) electrons. The second-order valence-corrected chi connectivity index (χ2v) is 9.45. The highest BCUT2D eigenvalue weighted by Gasteiger charge is 2.27. The molecular weight excluding hydrogens is 471 g/mol. The van der Waals surface area contributed by atoms with Crippen LogP contribution in [0.25, 0.3) is 0 Å². The van der Waals surface area contributed by atoms with E-state index < -0.39 is 5.91 Å². The van der Waals surface area contributed by atoms with Gasteiger partial charge in [0.25, 0.3) is 11.8 Å². The van der Waals surface area contributed by atoms with E-state index in [-0.39, 0.29) is 39.6 Å². The third-order valence-electron chi connectivity index (χ3n) is 6.44. The number of carbonyl (C=O) groups is 2. The van der Waals surface area contributed by atoms with Crippen molar-refractivity contribution in [1.82, 2.24) is 14.9 Å². The molecule has 8 nitrogen and oxygen atoms in total. The maximum Gasteiger partial charge on any atom is 0.287 e. The van der Waals surface area contributed by atoms with Gasteiger partial charge in [0.05, 0.1) is 28.5 Å². The van der Waals surface area contributed by atoms with Gasteiger partial charge < -0.3 is 10.2 Å². The molecule has 0 saturated carbocycles. The average Bonchev–Trinajstić information content (AvgIpc) is 2.92. The van der Waals surface area contributed by atoms with E-state index in [9.17, 15) is 9.59 Å². The minimum atomic E-state index is -0.888. The molecule has 3 aromatic rings. The number of anilines is 2. The average molecular weight is 501 g/mol. The highest BCUT2D eigenvalue weighted by molar-refractivity contribution is 6.05. The van der Waals surface area contributed by atoms with Crippen LogP contribution in [-0.4, -0.2) is 45.8 Å². The van der Waals surface area contributed by atoms with Crippen molar-refractivity contribution in [2.45, 2.75) is 45.6 Å². The van der Waals surface area contributed by atoms with Crippen molar-refractivity contribution in [3.63, 3.8) is 0 Å². The zero-order valence-corrected chi connectivity index (χ0v) is 21.1. The van der Waals surface area contributed by atoms with E-state index in [0.717, 1.165) is 18.4 Å². The number of nitrogens with one attached hydrogen (secondary N) is 1. The number of hydrogen-bond acceptors (Lipinski definition) is 6. The molecular formula is C28H29FN6O2. The first-order valence-corrected chi connectivity index (χ1v) is 12.3. The lowest BCUT2D eigenvalue weighted by Crippen LogP contribution is -2.38. The summed E-state index contributed by atoms with van der Waals surface area (Å²) >= 11 is 0. The van der Waals surface area contributed by atoms with Gasteiger partial charge in [-0.25, -0.2) is 4.98 Å². The van der Waals surface area contributed by atoms with Gasteiger partial charge in [-0.3, -0.25) is 14.6 Å². The summed E-state index contributed by atoms with van der Waals surface area (Å²) in [5.74, 6) is -0.247. The van der Waals surface area contributed by atoms with Crippen molar-refractivity contribution < 1.29 is 14.1 Å². The SMILES string of the molecule is Cc1ncc(C(=O)N2CCC(c3ccc(C#N)cc3)CC2)cc1N(F)C(=O)c1ccc(NC(C)C)nc1. The van der Waals surface area contributed by atoms with Crippen LogP contribution >= 0.6 is 0 Å². The van der Waals surface area contributed by atoms with Gasteiger partial charge in [-0.1, -0.05) is 16.6 Å². The Morgan fingerprint density at radius 2 is 1.76 bits per heavy atom. The number of aromatic nitrogens is 2. The van der Waals surface area contributed by atoms with Crippen molar-refractivity contribution >= 4 is 23.3 Å². The number of hydrogen-bond donors (Lipinski definition) is 1. The van der Waals surface area contributed by atoms with Crippen molar-refractivity contribution in [1.29, 1.82) is 5.26 Å². The second kappa shape index (κ2) is 11.2. The molecule has 37 heavy (non-hydrogen) atoms. The van der Waals surface area contributed by atoms with Crippen molar-refractivity contribution in [3.05, 3.63) is 82.8 Å². The van der Waals surface area contributed by atoms with Gasteiger partial charge in [0.1, 0.15) is 11.5 Å². The highest BCUT2D eigenvalue weighted by atomic mass is 19.2. The summed E-state index contributed by atoms with van der Waals surface area (Å²) in [6, 6.07) is 14.3. The van der Waals surface area contributed by atoms with Crippen LogP contribution in [0.1, 0.15) is 70.1 Å². The van der Waals surface area contributed by atoms with Crippen molar-refractivity contribution in [3.8, 4) is 6.07 Å². The summed E-state index contributed by atoms with van der Waals surface area (Å²) in [6.07, 6.45) is 4.30. The van der Waals surface area contributed by atoms with Crippen LogP contribution in [0.4, 0.5) is 16.0 Å². The van der Waals surface area contributed by atoms with Gasteiger partial charge in [-0.05, 0) is 75.4 Å². The normalized spacial score (nSPS) is 13.8. The van der Waals surface area contributed by atoms with E-state index in [1.54, 1.807) is 17.9 Å². The van der Waals surface area contributed by atoms with E-state index in [1.165, 1.54) is 24.5 Å². The Kier molecular flexibility index (Phi) is 7.77. The molecule has 2 aromatic heterocycles. The van der Waals surface area contributed by atoms with E-state index in [1.807, 2.05) is 38.1 Å². The molecule has 1 aromatic carbocycles. The maximum atomic E-state index is 15.2. The highest BCUT2D eigenvalue weighted by Crippen LogP contribution is 2.30. The summed E-state index contributed by atoms with van der Waals surface area (Å²) in [6.45, 7) is 6.61. The largest absolute Gasteiger partial charge is 0.368 e. The Labute approximate surface area is 215 Å². The smallest absolute Gasteiger partial charge is 0.287 e. The molecule has 3 heterocycles. The van der Waals surface area contributed by atoms with Crippen LogP contribution in [0.15, 0.2) is 54.9 Å². The predicted octanol–water partition coefficient (Wildman–Crippen LogP) is 5.03. The third-order valence-corrected chi connectivity index (χ3v) is 6.44. The van der Waals surface area contributed by atoms with E-state index >= 15 is 4.48 Å². The molecule has 2 amide bonds. The summed E-state index contributed by atoms with van der Waals surface area (Å²) in [4.78, 5) is 36.0. The molecule has 190 valence electrons. The van der Waals surface area contributed by atoms with Crippen LogP contribution in [0.2, 0.25) is 0 Å². The Balaban J connectivity index is 1.43. The number of amides is 2. The van der Waals surface area contributed by atoms with Crippen LogP contribution < -0.4 is 10.4 Å². The maximum absolute atomic E-state index is 15.2. The fourth-order valence-electron chi connectivity index (χ4n) is 4.39. The zero-order chi connectivity index (χ0) is 26.5. The van der Waals surface area contributed by atoms with Gasteiger partial charge >= 0.3 is 0 Å². The van der Waals surface area contributed by atoms with E-state index in [2.05, 4.69) is 21.4 Å². The van der Waals surface area contributed by atoms with Gasteiger partial charge in [-0.15, -0.1) is 5.12 Å². The molecule has 1 aliphatic heterocycles. The summed E-state index contributed by atoms with van der Waals surface area (Å²) in [5, 5.41) is 12.1. The molecule has 0 unspecified atom stereocenters. The topological polar surface area (TPSA) is 102 Å². The van der Waals surface area contributed by atoms with Gasteiger partial charge in [0.15, 0.2) is 0 Å². The molecule has 0 spiro atoms. The van der Waals surface area contributed by atoms with Crippen LogP contribution in [-0.2, 0) is 0 Å². The van der Waals surface area contributed by atoms with Crippen LogP contribution in [0.5, 0.6) is 0 Å². The molecule has 1 saturated heterocycles. The lowest BCUT2D eigenvalue weighted by molar-refractivity contribution is 0.0712. The number of benzene rings is 1. The van der Waals surface area contributed by atoms with Crippen molar-refractivity contribution in [2.75, 3.05) is 23.5 Å². The Morgan fingerprint density at radius 1 is 1.08 bits per heavy atom. The summed E-state index contributed by atoms with van der Waals surface area (Å²) in [7, 11) is 0. The Hall–Kier alpha value is -4.32. The van der Waals surface area contributed by atoms with E-state index in [0.29, 0.717) is 30.4 Å². The number of pyridine rings is 2. The monoisotopic (exact) mass is 500 g/mol. The molecule has 1 fully saturated rings. The minimum Gasteiger partial charge on any atom is -0.368 e. The van der Waals surface area contributed by atoms with E-state index in [4.69, 9.17) is 5.26 Å². The molecule has 0 aliphatic carbocycles. The number of aryl methyl sites for hydroxylation is 1. The standard InChI is InChI=1S/C28H29FN6O2/c1-18(2)33-26-9-8-23(16-32-26)28(37)35(29)25-14-24(17-31-19(25)3)27(36)34-12-10-22(11-13-34)21-6-4-20(15-30)5-7-21/h4-9,14,16-18,22H,10-13H2,1-3H3,(H,32,33). The minimum absolute atomic E-state index is 0.0167. The molecule has 0 atom stereocenters. The predicted molar refractivity (Wildman–Crippen MR) is 139 cm³/mol. The number of nitriles is 1. The molecule has 0 bridgehead atoms. The second-order valence-electron chi connectivity index (χ2n) is 9.45. The molecule has 9 heteroatoms. The number of carbonyl (C=O) groups excluding carboxylic acids is 2. The number of likely N-dealkylation sites (tertiary alicyclic amines) is 1. The Bertz CT molecular complexity index is 1310. The molecule has 1 aliphatic rings. The lowest BCUT2D eigenvalue weighted by Gasteiger charge is -2.32. The first kappa shape index (κ1) is 25.8. The van der Waals surface area contributed by atoms with Crippen molar-refractivity contribution in [2.24, 2.45) is 0 Å². The number of rotatable bonds is 6. The van der Waals surface area contributed by atoms with Gasteiger partial charge in [0.2, 0.25) is 0 Å². The summed E-state index contributed by atoms with van der Waals surface area (Å²) in [5.41, 5.74) is 2.29.